The van der Waals surface area contributed by atoms with E-state index in [1.807, 2.05) is 0 Å². The van der Waals surface area contributed by atoms with Gasteiger partial charge in [0.05, 0.1) is 5.02 Å². The monoisotopic (exact) mass is 172 g/mol. The summed E-state index contributed by atoms with van der Waals surface area (Å²) in [5.74, 6) is -0.0731. The smallest absolute Gasteiger partial charge is 0.488 e. The molecule has 0 aromatic heterocycles. The molecule has 0 aliphatic rings. The van der Waals surface area contributed by atoms with Crippen LogP contribution in [0.15, 0.2) is 18.2 Å². The van der Waals surface area contributed by atoms with Crippen molar-refractivity contribution in [3.63, 3.8) is 0 Å². The predicted octanol–water partition coefficient (Wildman–Crippen LogP) is -0.275. The van der Waals surface area contributed by atoms with Crippen molar-refractivity contribution in [2.24, 2.45) is 0 Å². The van der Waals surface area contributed by atoms with E-state index in [1.54, 1.807) is 0 Å². The highest BCUT2D eigenvalue weighted by molar-refractivity contribution is 6.59. The molecule has 58 valence electrons. The van der Waals surface area contributed by atoms with E-state index in [9.17, 15) is 0 Å². The molecular formula is C6H6BClO3. The van der Waals surface area contributed by atoms with Gasteiger partial charge >= 0.3 is 7.12 Å². The molecular weight excluding hydrogens is 166 g/mol. The van der Waals surface area contributed by atoms with Crippen LogP contribution in [0.25, 0.3) is 0 Å². The summed E-state index contributed by atoms with van der Waals surface area (Å²) in [6.07, 6.45) is 0. The van der Waals surface area contributed by atoms with Crippen LogP contribution < -0.4 is 5.46 Å². The average molecular weight is 172 g/mol. The summed E-state index contributed by atoms with van der Waals surface area (Å²) in [4.78, 5) is 0. The Morgan fingerprint density at radius 1 is 1.27 bits per heavy atom. The zero-order valence-electron chi connectivity index (χ0n) is 5.53. The highest BCUT2D eigenvalue weighted by atomic mass is 35.5. The van der Waals surface area contributed by atoms with Gasteiger partial charge in [-0.25, -0.2) is 0 Å². The van der Waals surface area contributed by atoms with Gasteiger partial charge in [0.15, 0.2) is 0 Å². The van der Waals surface area contributed by atoms with E-state index in [0.717, 1.165) is 0 Å². The van der Waals surface area contributed by atoms with Crippen molar-refractivity contribution in [1.82, 2.24) is 0 Å². The Kier molecular flexibility index (Phi) is 2.39. The predicted molar refractivity (Wildman–Crippen MR) is 42.9 cm³/mol. The second-order valence-electron chi connectivity index (χ2n) is 2.08. The Labute approximate surface area is 69.0 Å². The fourth-order valence-corrected chi connectivity index (χ4v) is 0.873. The van der Waals surface area contributed by atoms with Crippen LogP contribution in [0.5, 0.6) is 5.75 Å². The number of hydrogen-bond donors (Lipinski definition) is 3. The van der Waals surface area contributed by atoms with Crippen LogP contribution in [0.3, 0.4) is 0 Å². The zero-order valence-corrected chi connectivity index (χ0v) is 6.28. The molecule has 0 saturated heterocycles. The number of halogens is 1. The molecule has 0 amide bonds. The van der Waals surface area contributed by atoms with Crippen molar-refractivity contribution < 1.29 is 15.2 Å². The Hall–Kier alpha value is -0.705. The van der Waals surface area contributed by atoms with Gasteiger partial charge < -0.3 is 15.2 Å². The first-order chi connectivity index (χ1) is 5.11. The van der Waals surface area contributed by atoms with Crippen LogP contribution in [0.4, 0.5) is 0 Å². The number of aromatic hydroxyl groups is 1. The molecule has 0 unspecified atom stereocenters. The fourth-order valence-electron chi connectivity index (χ4n) is 0.684. The summed E-state index contributed by atoms with van der Waals surface area (Å²) in [6, 6.07) is 3.98. The van der Waals surface area contributed by atoms with Crippen LogP contribution in [-0.2, 0) is 0 Å². The number of hydrogen-bond acceptors (Lipinski definition) is 3. The van der Waals surface area contributed by atoms with E-state index in [2.05, 4.69) is 0 Å². The number of phenols is 1. The Morgan fingerprint density at radius 3 is 2.36 bits per heavy atom. The topological polar surface area (TPSA) is 60.7 Å². The minimum atomic E-state index is -1.55. The standard InChI is InChI=1S/C6H6BClO3/c8-5-3-4(7(10)11)1-2-6(5)9/h1-3,9-11H. The van der Waals surface area contributed by atoms with Gasteiger partial charge in [-0.3, -0.25) is 0 Å². The maximum absolute atomic E-state index is 8.93. The zero-order chi connectivity index (χ0) is 8.43. The van der Waals surface area contributed by atoms with E-state index in [4.69, 9.17) is 26.8 Å². The van der Waals surface area contributed by atoms with E-state index in [1.165, 1.54) is 18.2 Å². The lowest BCUT2D eigenvalue weighted by Crippen LogP contribution is -2.29. The van der Waals surface area contributed by atoms with Gasteiger partial charge in [0.25, 0.3) is 0 Å². The van der Waals surface area contributed by atoms with Crippen LogP contribution in [0.2, 0.25) is 5.02 Å². The normalized spacial score (nSPS) is 9.73. The van der Waals surface area contributed by atoms with E-state index in [-0.39, 0.29) is 16.2 Å². The van der Waals surface area contributed by atoms with Crippen molar-refractivity contribution in [3.05, 3.63) is 23.2 Å². The third-order valence-corrected chi connectivity index (χ3v) is 1.57. The molecule has 1 rings (SSSR count). The molecule has 0 radical (unpaired) electrons. The van der Waals surface area contributed by atoms with Gasteiger partial charge in [0.2, 0.25) is 0 Å². The van der Waals surface area contributed by atoms with E-state index >= 15 is 0 Å². The van der Waals surface area contributed by atoms with Crippen molar-refractivity contribution in [1.29, 1.82) is 0 Å². The molecule has 1 aromatic carbocycles. The third-order valence-electron chi connectivity index (χ3n) is 1.27. The van der Waals surface area contributed by atoms with E-state index in [0.29, 0.717) is 0 Å². The van der Waals surface area contributed by atoms with Crippen molar-refractivity contribution in [3.8, 4) is 5.75 Å². The highest BCUT2D eigenvalue weighted by Crippen LogP contribution is 2.19. The van der Waals surface area contributed by atoms with Gasteiger partial charge in [-0.15, -0.1) is 0 Å². The van der Waals surface area contributed by atoms with Crippen LogP contribution >= 0.6 is 11.6 Å². The molecule has 3 nitrogen and oxygen atoms in total. The SMILES string of the molecule is OB(O)c1ccc(O)c(Cl)c1. The summed E-state index contributed by atoms with van der Waals surface area (Å²) in [7, 11) is -1.55. The van der Waals surface area contributed by atoms with E-state index < -0.39 is 7.12 Å². The molecule has 0 spiro atoms. The molecule has 5 heteroatoms. The maximum Gasteiger partial charge on any atom is 0.488 e. The molecule has 0 saturated carbocycles. The minimum absolute atomic E-state index is 0.0731. The molecule has 0 aliphatic heterocycles. The van der Waals surface area contributed by atoms with Crippen LogP contribution in [0, 0.1) is 0 Å². The largest absolute Gasteiger partial charge is 0.506 e. The van der Waals surface area contributed by atoms with Crippen molar-refractivity contribution in [2.75, 3.05) is 0 Å². The number of rotatable bonds is 1. The Balaban J connectivity index is 3.05. The first-order valence-corrected chi connectivity index (χ1v) is 3.33. The highest BCUT2D eigenvalue weighted by Gasteiger charge is 2.11. The van der Waals surface area contributed by atoms with Gasteiger partial charge in [0, 0.05) is 0 Å². The lowest BCUT2D eigenvalue weighted by atomic mass is 9.80. The van der Waals surface area contributed by atoms with Gasteiger partial charge in [-0.1, -0.05) is 17.7 Å². The minimum Gasteiger partial charge on any atom is -0.506 e. The first kappa shape index (κ1) is 8.39. The second kappa shape index (κ2) is 3.13. The summed E-state index contributed by atoms with van der Waals surface area (Å²) < 4.78 is 0. The van der Waals surface area contributed by atoms with Crippen LogP contribution in [-0.4, -0.2) is 22.3 Å². The molecule has 0 heterocycles. The fraction of sp³-hybridized carbons (Fsp3) is 0. The van der Waals surface area contributed by atoms with Gasteiger partial charge in [0.1, 0.15) is 5.75 Å². The van der Waals surface area contributed by atoms with Crippen molar-refractivity contribution >= 4 is 24.2 Å². The summed E-state index contributed by atoms with van der Waals surface area (Å²) >= 11 is 5.49. The third kappa shape index (κ3) is 1.86. The van der Waals surface area contributed by atoms with Gasteiger partial charge in [-0.05, 0) is 17.6 Å². The lowest BCUT2D eigenvalue weighted by molar-refractivity contribution is 0.425. The molecule has 0 fully saturated rings. The summed E-state index contributed by atoms with van der Waals surface area (Å²) in [5.41, 5.74) is 0.257. The number of benzene rings is 1. The first-order valence-electron chi connectivity index (χ1n) is 2.96. The van der Waals surface area contributed by atoms with Crippen LogP contribution in [0.1, 0.15) is 0 Å². The molecule has 1 aromatic rings. The molecule has 0 atom stereocenters. The summed E-state index contributed by atoms with van der Waals surface area (Å²) in [5, 5.41) is 26.3. The average Bonchev–Trinajstić information content (AvgIpc) is 1.94. The Morgan fingerprint density at radius 2 is 1.91 bits per heavy atom. The van der Waals surface area contributed by atoms with Gasteiger partial charge in [-0.2, -0.15) is 0 Å². The Bertz CT molecular complexity index is 264. The summed E-state index contributed by atoms with van der Waals surface area (Å²) in [6.45, 7) is 0. The maximum atomic E-state index is 8.93. The molecule has 3 N–H and O–H groups in total. The number of phenolic OH excluding ortho intramolecular Hbond substituents is 1. The quantitative estimate of drug-likeness (QED) is 0.511. The molecule has 0 bridgehead atoms. The molecule has 11 heavy (non-hydrogen) atoms. The lowest BCUT2D eigenvalue weighted by Gasteiger charge is -2.00. The second-order valence-corrected chi connectivity index (χ2v) is 2.49. The molecule has 0 aliphatic carbocycles. The van der Waals surface area contributed by atoms with Crippen molar-refractivity contribution in [2.45, 2.75) is 0 Å².